The molecule has 4 N–H and O–H groups in total. The Hall–Kier alpha value is -4.69. The lowest BCUT2D eigenvalue weighted by Gasteiger charge is -2.18. The summed E-state index contributed by atoms with van der Waals surface area (Å²) in [6, 6.07) is 24.9. The molecule has 214 valence electrons. The van der Waals surface area contributed by atoms with Crippen molar-refractivity contribution in [3.05, 3.63) is 112 Å². The number of benzene rings is 4. The molecule has 0 unspecified atom stereocenters. The maximum atomic E-state index is 12.6. The van der Waals surface area contributed by atoms with Crippen LogP contribution in [0.3, 0.4) is 0 Å². The number of carbonyl (C=O) groups excluding carboxylic acids is 1. The molecular weight excluding hydrogens is 552 g/mol. The predicted octanol–water partition coefficient (Wildman–Crippen LogP) is 6.11. The van der Waals surface area contributed by atoms with E-state index in [2.05, 4.69) is 5.32 Å². The molecule has 0 aromatic heterocycles. The number of nitrogens with zero attached hydrogens (tertiary/aromatic N) is 1. The van der Waals surface area contributed by atoms with Crippen molar-refractivity contribution in [2.24, 2.45) is 0 Å². The van der Waals surface area contributed by atoms with Crippen LogP contribution in [0.25, 0.3) is 10.8 Å². The van der Waals surface area contributed by atoms with Crippen molar-refractivity contribution >= 4 is 45.9 Å². The van der Waals surface area contributed by atoms with Gasteiger partial charge >= 0.3 is 5.97 Å². The number of rotatable bonds is 8. The fourth-order valence-corrected chi connectivity index (χ4v) is 5.25. The number of hydrogen-bond acceptors (Lipinski definition) is 5. The fourth-order valence-electron chi connectivity index (χ4n) is 5.12. The molecule has 1 aliphatic rings. The van der Waals surface area contributed by atoms with E-state index >= 15 is 0 Å². The normalized spacial score (nSPS) is 15.3. The highest BCUT2D eigenvalue weighted by Crippen LogP contribution is 2.27. The van der Waals surface area contributed by atoms with Crippen LogP contribution in [-0.4, -0.2) is 52.7 Å². The topological polar surface area (TPSA) is 127 Å². The summed E-state index contributed by atoms with van der Waals surface area (Å²) < 4.78 is 6.07. The maximum absolute atomic E-state index is 12.6. The van der Waals surface area contributed by atoms with Gasteiger partial charge < -0.3 is 20.1 Å². The molecule has 4 aromatic carbocycles. The Morgan fingerprint density at radius 3 is 2.33 bits per heavy atom. The van der Waals surface area contributed by atoms with E-state index in [1.165, 1.54) is 0 Å². The van der Waals surface area contributed by atoms with Gasteiger partial charge in [0.15, 0.2) is 0 Å². The predicted molar refractivity (Wildman–Crippen MR) is 164 cm³/mol. The van der Waals surface area contributed by atoms with E-state index < -0.39 is 17.8 Å². The first-order chi connectivity index (χ1) is 20.2. The van der Waals surface area contributed by atoms with Crippen LogP contribution in [0.1, 0.15) is 46.3 Å². The minimum absolute atomic E-state index is 0.00106. The number of hydrogen-bond donors (Lipinski definition) is 4. The number of amidine groups is 2. The molecule has 5 rings (SSSR count). The van der Waals surface area contributed by atoms with E-state index in [4.69, 9.17) is 27.2 Å². The third-order valence-corrected chi connectivity index (χ3v) is 7.73. The molecule has 2 atom stereocenters. The molecule has 0 radical (unpaired) electrons. The van der Waals surface area contributed by atoms with Crippen LogP contribution in [0.5, 0.6) is 5.75 Å². The van der Waals surface area contributed by atoms with Crippen LogP contribution in [-0.2, 0) is 11.2 Å². The van der Waals surface area contributed by atoms with Crippen molar-refractivity contribution < 1.29 is 19.4 Å². The third kappa shape index (κ3) is 6.78. The Bertz CT molecular complexity index is 1650. The maximum Gasteiger partial charge on any atom is 0.311 e. The summed E-state index contributed by atoms with van der Waals surface area (Å²) in [5.41, 5.74) is 2.46. The lowest BCUT2D eigenvalue weighted by Crippen LogP contribution is -2.30. The van der Waals surface area contributed by atoms with E-state index in [0.717, 1.165) is 29.3 Å². The first-order valence-corrected chi connectivity index (χ1v) is 14.0. The zero-order valence-corrected chi connectivity index (χ0v) is 23.8. The summed E-state index contributed by atoms with van der Waals surface area (Å²) in [4.78, 5) is 26.8. The summed E-state index contributed by atoms with van der Waals surface area (Å²) in [7, 11) is 0. The molecule has 0 spiro atoms. The number of carbonyl (C=O) groups is 2. The molecule has 1 amide bonds. The van der Waals surface area contributed by atoms with E-state index in [9.17, 15) is 14.7 Å². The van der Waals surface area contributed by atoms with Gasteiger partial charge in [-0.3, -0.25) is 20.4 Å². The highest BCUT2D eigenvalue weighted by Gasteiger charge is 2.25. The van der Waals surface area contributed by atoms with Gasteiger partial charge in [0.2, 0.25) is 0 Å². The number of carboxylic acids is 1. The highest BCUT2D eigenvalue weighted by atomic mass is 35.5. The molecule has 8 nitrogen and oxygen atoms in total. The summed E-state index contributed by atoms with van der Waals surface area (Å²) in [6.45, 7) is 3.24. The summed E-state index contributed by atoms with van der Waals surface area (Å²) in [6.07, 6.45) is 1.13. The lowest BCUT2D eigenvalue weighted by molar-refractivity contribution is -0.138. The summed E-state index contributed by atoms with van der Waals surface area (Å²) in [5.74, 6) is -0.897. The van der Waals surface area contributed by atoms with Crippen molar-refractivity contribution in [2.45, 2.75) is 31.8 Å². The largest absolute Gasteiger partial charge is 0.489 e. The SMILES string of the molecule is CC(=N)N1CC[C@H](Oc2ccc([C@H](Cc3ccc4ccc(C(=N)NC(=O)c5ccc(Cl)cc5)cc4c3)C(=O)O)cc2)C1. The minimum Gasteiger partial charge on any atom is -0.489 e. The molecule has 42 heavy (non-hydrogen) atoms. The molecule has 0 bridgehead atoms. The quantitative estimate of drug-likeness (QED) is 0.147. The Balaban J connectivity index is 1.27. The molecule has 0 aliphatic carbocycles. The van der Waals surface area contributed by atoms with Crippen molar-refractivity contribution in [2.75, 3.05) is 13.1 Å². The second-order valence-electron chi connectivity index (χ2n) is 10.5. The van der Waals surface area contributed by atoms with E-state index in [-0.39, 0.29) is 18.4 Å². The van der Waals surface area contributed by atoms with Crippen LogP contribution in [0.4, 0.5) is 0 Å². The smallest absolute Gasteiger partial charge is 0.311 e. The molecule has 0 saturated carbocycles. The van der Waals surface area contributed by atoms with Crippen molar-refractivity contribution in [3.63, 3.8) is 0 Å². The van der Waals surface area contributed by atoms with Gasteiger partial charge in [-0.2, -0.15) is 0 Å². The van der Waals surface area contributed by atoms with Crippen molar-refractivity contribution in [1.29, 1.82) is 10.8 Å². The lowest BCUT2D eigenvalue weighted by atomic mass is 9.91. The number of ether oxygens (including phenoxy) is 1. The molecule has 1 aliphatic heterocycles. The second kappa shape index (κ2) is 12.4. The zero-order valence-electron chi connectivity index (χ0n) is 23.1. The van der Waals surface area contributed by atoms with E-state index in [0.29, 0.717) is 39.8 Å². The minimum atomic E-state index is -0.919. The third-order valence-electron chi connectivity index (χ3n) is 7.48. The Kier molecular flexibility index (Phi) is 8.54. The van der Waals surface area contributed by atoms with Crippen LogP contribution in [0.15, 0.2) is 84.9 Å². The molecule has 1 heterocycles. The molecule has 4 aromatic rings. The summed E-state index contributed by atoms with van der Waals surface area (Å²) in [5, 5.41) is 31.2. The number of fused-ring (bicyclic) bond motifs is 1. The van der Waals surface area contributed by atoms with Gasteiger partial charge in [0, 0.05) is 29.1 Å². The Morgan fingerprint density at radius 2 is 1.67 bits per heavy atom. The zero-order chi connectivity index (χ0) is 29.8. The van der Waals surface area contributed by atoms with Crippen molar-refractivity contribution in [1.82, 2.24) is 10.2 Å². The Labute approximate surface area is 248 Å². The van der Waals surface area contributed by atoms with Gasteiger partial charge in [0.25, 0.3) is 5.91 Å². The fraction of sp³-hybridized carbons (Fsp3) is 0.212. The summed E-state index contributed by atoms with van der Waals surface area (Å²) >= 11 is 5.90. The van der Waals surface area contributed by atoms with Gasteiger partial charge in [-0.05, 0) is 77.7 Å². The number of nitrogens with one attached hydrogen (secondary N) is 3. The second-order valence-corrected chi connectivity index (χ2v) is 10.9. The van der Waals surface area contributed by atoms with Gasteiger partial charge in [-0.15, -0.1) is 0 Å². The van der Waals surface area contributed by atoms with Gasteiger partial charge in [-0.25, -0.2) is 0 Å². The monoisotopic (exact) mass is 582 g/mol. The number of halogens is 1. The average molecular weight is 583 g/mol. The van der Waals surface area contributed by atoms with E-state index in [1.54, 1.807) is 49.4 Å². The standard InChI is InChI=1S/C33H31ClN4O4/c1-20(35)38-15-14-29(19-38)42-28-12-8-23(9-13-28)30(33(40)41)17-21-2-3-22-4-5-25(18-26(22)16-21)31(36)37-32(39)24-6-10-27(34)11-7-24/h2-13,16,18,29-30,35H,14-15,17,19H2,1H3,(H,40,41)(H2,36,37,39)/t29-,30-/m0/s1. The van der Waals surface area contributed by atoms with Crippen LogP contribution in [0, 0.1) is 10.8 Å². The van der Waals surface area contributed by atoms with E-state index in [1.807, 2.05) is 47.4 Å². The average Bonchev–Trinajstić information content (AvgIpc) is 3.45. The van der Waals surface area contributed by atoms with Gasteiger partial charge in [0.1, 0.15) is 17.7 Å². The number of amides is 1. The molecule has 1 fully saturated rings. The highest BCUT2D eigenvalue weighted by molar-refractivity contribution is 6.30. The first-order valence-electron chi connectivity index (χ1n) is 13.6. The molecular formula is C33H31ClN4O4. The van der Waals surface area contributed by atoms with Crippen LogP contribution < -0.4 is 10.1 Å². The van der Waals surface area contributed by atoms with Gasteiger partial charge in [-0.1, -0.05) is 54.1 Å². The molecule has 1 saturated heterocycles. The number of likely N-dealkylation sites (tertiary alicyclic amines) is 1. The number of aliphatic carboxylic acids is 1. The van der Waals surface area contributed by atoms with Gasteiger partial charge in [0.05, 0.1) is 18.3 Å². The first kappa shape index (κ1) is 28.8. The van der Waals surface area contributed by atoms with Crippen LogP contribution in [0.2, 0.25) is 5.02 Å². The molecule has 9 heteroatoms. The van der Waals surface area contributed by atoms with Crippen LogP contribution >= 0.6 is 11.6 Å². The number of carboxylic acid groups (broad SMARTS) is 1. The Morgan fingerprint density at radius 1 is 0.976 bits per heavy atom. The van der Waals surface area contributed by atoms with Crippen molar-refractivity contribution in [3.8, 4) is 5.75 Å².